The van der Waals surface area contributed by atoms with Crippen molar-refractivity contribution in [2.75, 3.05) is 42.9 Å². The Labute approximate surface area is 166 Å². The van der Waals surface area contributed by atoms with Gasteiger partial charge in [0.25, 0.3) is 5.91 Å². The molecule has 2 aromatic carbocycles. The summed E-state index contributed by atoms with van der Waals surface area (Å²) in [6.45, 7) is 7.93. The fourth-order valence-electron chi connectivity index (χ4n) is 4.36. The molecule has 2 saturated heterocycles. The van der Waals surface area contributed by atoms with E-state index in [4.69, 9.17) is 0 Å². The highest BCUT2D eigenvalue weighted by molar-refractivity contribution is 6.04. The topological polar surface area (TPSA) is 35.6 Å². The summed E-state index contributed by atoms with van der Waals surface area (Å²) in [5, 5.41) is 2.90. The molecule has 28 heavy (non-hydrogen) atoms. The van der Waals surface area contributed by atoms with Gasteiger partial charge in [-0.1, -0.05) is 6.07 Å². The minimum atomic E-state index is -0.405. The molecule has 0 radical (unpaired) electrons. The number of aryl methyl sites for hydroxylation is 1. The number of hydrogen-bond donors (Lipinski definition) is 1. The van der Waals surface area contributed by atoms with Crippen LogP contribution in [0.2, 0.25) is 0 Å². The lowest BCUT2D eigenvalue weighted by molar-refractivity contribution is 0.102. The van der Waals surface area contributed by atoms with Gasteiger partial charge < -0.3 is 15.1 Å². The number of nitrogens with one attached hydrogen (secondary N) is 1. The Balaban J connectivity index is 1.38. The highest BCUT2D eigenvalue weighted by Gasteiger charge is 2.26. The molecule has 1 N–H and O–H groups in total. The van der Waals surface area contributed by atoms with E-state index in [0.717, 1.165) is 30.3 Å². The van der Waals surface area contributed by atoms with Gasteiger partial charge in [-0.25, -0.2) is 4.39 Å². The largest absolute Gasteiger partial charge is 0.371 e. The zero-order valence-corrected chi connectivity index (χ0v) is 16.5. The second-order valence-electron chi connectivity index (χ2n) is 8.07. The van der Waals surface area contributed by atoms with Crippen LogP contribution in [0.3, 0.4) is 0 Å². The second-order valence-corrected chi connectivity index (χ2v) is 8.07. The molecule has 2 aliphatic heterocycles. The molecule has 0 spiro atoms. The molecular weight excluding hydrogens is 353 g/mol. The third-order valence-corrected chi connectivity index (χ3v) is 5.91. The molecule has 1 amide bonds. The number of nitrogens with zero attached hydrogens (tertiary/aromatic N) is 2. The fourth-order valence-corrected chi connectivity index (χ4v) is 4.36. The first kappa shape index (κ1) is 18.9. The van der Waals surface area contributed by atoms with Crippen molar-refractivity contribution < 1.29 is 9.18 Å². The molecule has 0 unspecified atom stereocenters. The molecule has 1 atom stereocenters. The molecule has 4 nitrogen and oxygen atoms in total. The van der Waals surface area contributed by atoms with Crippen LogP contribution in [0.4, 0.5) is 15.8 Å². The van der Waals surface area contributed by atoms with Gasteiger partial charge in [0.15, 0.2) is 0 Å². The third kappa shape index (κ3) is 4.36. The quantitative estimate of drug-likeness (QED) is 0.838. The summed E-state index contributed by atoms with van der Waals surface area (Å²) in [6, 6.07) is 11.9. The lowest BCUT2D eigenvalue weighted by Gasteiger charge is -2.22. The average molecular weight is 381 g/mol. The van der Waals surface area contributed by atoms with Gasteiger partial charge in [0.1, 0.15) is 5.82 Å². The highest BCUT2D eigenvalue weighted by Crippen LogP contribution is 2.28. The maximum atomic E-state index is 13.3. The van der Waals surface area contributed by atoms with Crippen LogP contribution in [0, 0.1) is 18.7 Å². The Kier molecular flexibility index (Phi) is 5.62. The molecule has 0 saturated carbocycles. The lowest BCUT2D eigenvalue weighted by atomic mass is 10.1. The zero-order valence-electron chi connectivity index (χ0n) is 16.5. The molecule has 2 fully saturated rings. The number of hydrogen-bond acceptors (Lipinski definition) is 3. The number of benzene rings is 2. The molecule has 5 heteroatoms. The highest BCUT2D eigenvalue weighted by atomic mass is 19.1. The molecule has 2 aliphatic rings. The van der Waals surface area contributed by atoms with E-state index in [1.165, 1.54) is 56.7 Å². The van der Waals surface area contributed by atoms with Crippen LogP contribution in [0.15, 0.2) is 42.5 Å². The maximum Gasteiger partial charge on any atom is 0.255 e. The number of carbonyl (C=O) groups is 1. The molecule has 0 aromatic heterocycles. The van der Waals surface area contributed by atoms with Crippen LogP contribution in [-0.2, 0) is 0 Å². The van der Waals surface area contributed by atoms with E-state index in [1.54, 1.807) is 12.1 Å². The summed E-state index contributed by atoms with van der Waals surface area (Å²) < 4.78 is 13.3. The number of amides is 1. The fraction of sp³-hybridized carbons (Fsp3) is 0.435. The molecular formula is C23H28FN3O. The molecule has 2 aromatic rings. The third-order valence-electron chi connectivity index (χ3n) is 5.91. The first-order valence-electron chi connectivity index (χ1n) is 10.2. The van der Waals surface area contributed by atoms with E-state index < -0.39 is 5.82 Å². The Morgan fingerprint density at radius 1 is 1.14 bits per heavy atom. The van der Waals surface area contributed by atoms with E-state index in [0.29, 0.717) is 5.56 Å². The van der Waals surface area contributed by atoms with Gasteiger partial charge >= 0.3 is 0 Å². The van der Waals surface area contributed by atoms with Crippen molar-refractivity contribution in [2.24, 2.45) is 5.92 Å². The molecule has 148 valence electrons. The van der Waals surface area contributed by atoms with Gasteiger partial charge in [-0.05, 0) is 87.2 Å². The van der Waals surface area contributed by atoms with Crippen LogP contribution >= 0.6 is 0 Å². The standard InChI is InChI=1S/C23H28FN3O/c1-17-13-21(27-12-9-18(16-27)15-26-10-2-3-11-26)7-8-22(17)25-23(28)19-5-4-6-20(24)14-19/h4-8,13-14,18H,2-3,9-12,15-16H2,1H3,(H,25,28)/t18-/m1/s1. The summed E-state index contributed by atoms with van der Waals surface area (Å²) in [5.41, 5.74) is 3.33. The van der Waals surface area contributed by atoms with Crippen molar-refractivity contribution in [1.82, 2.24) is 4.90 Å². The van der Waals surface area contributed by atoms with Gasteiger partial charge in [0.05, 0.1) is 0 Å². The van der Waals surface area contributed by atoms with Crippen LogP contribution in [0.5, 0.6) is 0 Å². The molecule has 2 heterocycles. The minimum Gasteiger partial charge on any atom is -0.371 e. The van der Waals surface area contributed by atoms with E-state index in [9.17, 15) is 9.18 Å². The van der Waals surface area contributed by atoms with E-state index in [-0.39, 0.29) is 5.91 Å². The normalized spacial score (nSPS) is 19.9. The second kappa shape index (κ2) is 8.31. The summed E-state index contributed by atoms with van der Waals surface area (Å²) in [7, 11) is 0. The van der Waals surface area contributed by atoms with Gasteiger partial charge in [0.2, 0.25) is 0 Å². The summed E-state index contributed by atoms with van der Waals surface area (Å²) >= 11 is 0. The van der Waals surface area contributed by atoms with Gasteiger partial charge in [-0.15, -0.1) is 0 Å². The average Bonchev–Trinajstić information content (AvgIpc) is 3.36. The minimum absolute atomic E-state index is 0.290. The SMILES string of the molecule is Cc1cc(N2CC[C@H](CN3CCCC3)C2)ccc1NC(=O)c1cccc(F)c1. The Morgan fingerprint density at radius 2 is 1.96 bits per heavy atom. The summed E-state index contributed by atoms with van der Waals surface area (Å²) in [6.07, 6.45) is 3.93. The van der Waals surface area contributed by atoms with Crippen molar-refractivity contribution >= 4 is 17.3 Å². The van der Waals surface area contributed by atoms with E-state index >= 15 is 0 Å². The van der Waals surface area contributed by atoms with Crippen molar-refractivity contribution in [3.05, 3.63) is 59.4 Å². The molecule has 0 bridgehead atoms. The monoisotopic (exact) mass is 381 g/mol. The van der Waals surface area contributed by atoms with Gasteiger partial charge in [-0.3, -0.25) is 4.79 Å². The maximum absolute atomic E-state index is 13.3. The van der Waals surface area contributed by atoms with Crippen LogP contribution < -0.4 is 10.2 Å². The molecule has 0 aliphatic carbocycles. The Morgan fingerprint density at radius 3 is 2.71 bits per heavy atom. The van der Waals surface area contributed by atoms with Crippen molar-refractivity contribution in [3.8, 4) is 0 Å². The van der Waals surface area contributed by atoms with Crippen molar-refractivity contribution in [2.45, 2.75) is 26.2 Å². The number of rotatable bonds is 5. The Hall–Kier alpha value is -2.40. The summed E-state index contributed by atoms with van der Waals surface area (Å²) in [5.74, 6) is 0.0465. The predicted octanol–water partition coefficient (Wildman–Crippen LogP) is 4.31. The first-order chi connectivity index (χ1) is 13.6. The van der Waals surface area contributed by atoms with Gasteiger partial charge in [-0.2, -0.15) is 0 Å². The van der Waals surface area contributed by atoms with E-state index in [2.05, 4.69) is 27.2 Å². The smallest absolute Gasteiger partial charge is 0.255 e. The Bertz CT molecular complexity index is 847. The van der Waals surface area contributed by atoms with Crippen LogP contribution in [0.1, 0.15) is 35.2 Å². The predicted molar refractivity (Wildman–Crippen MR) is 112 cm³/mol. The number of halogens is 1. The van der Waals surface area contributed by atoms with Gasteiger partial charge in [0, 0.05) is 36.6 Å². The van der Waals surface area contributed by atoms with E-state index in [1.807, 2.05) is 13.0 Å². The van der Waals surface area contributed by atoms with Crippen molar-refractivity contribution in [1.29, 1.82) is 0 Å². The molecule has 4 rings (SSSR count). The number of carbonyl (C=O) groups excluding carboxylic acids is 1. The summed E-state index contributed by atoms with van der Waals surface area (Å²) in [4.78, 5) is 17.4. The van der Waals surface area contributed by atoms with Crippen LogP contribution in [0.25, 0.3) is 0 Å². The lowest BCUT2D eigenvalue weighted by Crippen LogP contribution is -2.29. The zero-order chi connectivity index (χ0) is 19.5. The van der Waals surface area contributed by atoms with Crippen LogP contribution in [-0.4, -0.2) is 43.5 Å². The number of anilines is 2. The first-order valence-corrected chi connectivity index (χ1v) is 10.2. The van der Waals surface area contributed by atoms with Crippen molar-refractivity contribution in [3.63, 3.8) is 0 Å². The number of likely N-dealkylation sites (tertiary alicyclic amines) is 1.